The Kier molecular flexibility index (Phi) is 36.3. The zero-order chi connectivity index (χ0) is 33.4. The van der Waals surface area contributed by atoms with Crippen molar-refractivity contribution in [1.29, 1.82) is 0 Å². The second kappa shape index (κ2) is 39.1. The van der Waals surface area contributed by atoms with Gasteiger partial charge in [0, 0.05) is 0 Å². The Morgan fingerprint density at radius 2 is 0.489 bits per heavy atom. The third-order valence-corrected chi connectivity index (χ3v) is 5.81. The van der Waals surface area contributed by atoms with Gasteiger partial charge in [0.15, 0.2) is 0 Å². The predicted octanol–water partition coefficient (Wildman–Crippen LogP) is 1.39. The maximum atomic E-state index is 8.58. The van der Waals surface area contributed by atoms with Crippen molar-refractivity contribution in [2.75, 3.05) is 172 Å². The van der Waals surface area contributed by atoms with Gasteiger partial charge in [0.1, 0.15) is 0 Å². The highest BCUT2D eigenvalue weighted by atomic mass is 16.6. The summed E-state index contributed by atoms with van der Waals surface area (Å²) in [4.78, 5) is 0. The lowest BCUT2D eigenvalue weighted by Gasteiger charge is -2.09. The van der Waals surface area contributed by atoms with E-state index in [1.54, 1.807) is 0 Å². The van der Waals surface area contributed by atoms with Gasteiger partial charge in [0.25, 0.3) is 0 Å². The van der Waals surface area contributed by atoms with E-state index in [2.05, 4.69) is 0 Å². The van der Waals surface area contributed by atoms with Crippen LogP contribution in [0.15, 0.2) is 30.3 Å². The largest absolute Gasteiger partial charge is 0.394 e. The lowest BCUT2D eigenvalue weighted by atomic mass is 10.2. The Morgan fingerprint density at radius 3 is 0.723 bits per heavy atom. The molecule has 0 amide bonds. The smallest absolute Gasteiger partial charge is 0.0718 e. The summed E-state index contributed by atoms with van der Waals surface area (Å²) in [6.07, 6.45) is 0. The highest BCUT2D eigenvalue weighted by Gasteiger charge is 1.97. The van der Waals surface area contributed by atoms with E-state index in [1.165, 1.54) is 0 Å². The minimum atomic E-state index is 0.0244. The minimum absolute atomic E-state index is 0.0244. The van der Waals surface area contributed by atoms with Crippen LogP contribution in [0.25, 0.3) is 0 Å². The first-order chi connectivity index (χ1) is 23.4. The highest BCUT2D eigenvalue weighted by molar-refractivity contribution is 5.13. The molecule has 0 atom stereocenters. The second-order valence-corrected chi connectivity index (χ2v) is 9.61. The van der Waals surface area contributed by atoms with Crippen LogP contribution in [-0.2, 0) is 68.2 Å². The maximum absolute atomic E-state index is 8.58. The van der Waals surface area contributed by atoms with Crippen LogP contribution in [-0.4, -0.2) is 177 Å². The summed E-state index contributed by atoms with van der Waals surface area (Å²) in [5.74, 6) is 0. The van der Waals surface area contributed by atoms with Gasteiger partial charge in [-0.25, -0.2) is 0 Å². The molecule has 0 bridgehead atoms. The fourth-order valence-electron chi connectivity index (χ4n) is 3.47. The van der Waals surface area contributed by atoms with Crippen LogP contribution in [0, 0.1) is 0 Å². The quantitative estimate of drug-likeness (QED) is 0.0999. The molecule has 1 aromatic rings. The summed E-state index contributed by atoms with van der Waals surface area (Å²) in [5, 5.41) is 8.58. The van der Waals surface area contributed by atoms with Crippen LogP contribution in [0.4, 0.5) is 0 Å². The molecule has 0 radical (unpaired) electrons. The van der Waals surface area contributed by atoms with Crippen molar-refractivity contribution < 1.29 is 66.7 Å². The summed E-state index contributed by atoms with van der Waals surface area (Å²) in [6, 6.07) is 10.1. The molecule has 0 spiro atoms. The second-order valence-electron chi connectivity index (χ2n) is 9.61. The summed E-state index contributed by atoms with van der Waals surface area (Å²) in [6.45, 7) is 13.2. The van der Waals surface area contributed by atoms with Crippen molar-refractivity contribution in [3.63, 3.8) is 0 Å². The van der Waals surface area contributed by atoms with Gasteiger partial charge in [-0.05, 0) is 5.56 Å². The van der Waals surface area contributed by atoms with Gasteiger partial charge in [-0.3, -0.25) is 0 Å². The van der Waals surface area contributed by atoms with E-state index in [1.807, 2.05) is 30.3 Å². The first kappa shape index (κ1) is 43.7. The Morgan fingerprint density at radius 1 is 0.277 bits per heavy atom. The normalized spacial score (nSPS) is 11.5. The number of benzene rings is 1. The Bertz CT molecular complexity index is 703. The standard InChI is InChI=1S/C33H60O14/c34-6-7-35-8-9-36-10-11-37-12-13-38-14-15-39-16-17-40-18-19-41-20-21-42-22-23-43-24-25-44-26-27-45-28-29-46-30-31-47-32-33-4-2-1-3-5-33/h1-5,34H,6-32H2. The van der Waals surface area contributed by atoms with Gasteiger partial charge in [0.2, 0.25) is 0 Å². The topological polar surface area (TPSA) is 140 Å². The average Bonchev–Trinajstić information content (AvgIpc) is 3.09. The van der Waals surface area contributed by atoms with E-state index in [0.29, 0.717) is 172 Å². The van der Waals surface area contributed by atoms with Gasteiger partial charge in [0.05, 0.1) is 178 Å². The molecular formula is C33H60O14. The highest BCUT2D eigenvalue weighted by Crippen LogP contribution is 2.00. The van der Waals surface area contributed by atoms with Crippen LogP contribution in [0.3, 0.4) is 0 Å². The molecular weight excluding hydrogens is 620 g/mol. The molecule has 1 rings (SSSR count). The SMILES string of the molecule is OCCOCCOCCOCCOCCOCCOCCOCCOCCOCCOCCOCCOCCOCc1ccccc1. The number of rotatable bonds is 40. The van der Waals surface area contributed by atoms with Crippen LogP contribution >= 0.6 is 0 Å². The van der Waals surface area contributed by atoms with Crippen molar-refractivity contribution in [2.24, 2.45) is 0 Å². The van der Waals surface area contributed by atoms with E-state index < -0.39 is 0 Å². The predicted molar refractivity (Wildman–Crippen MR) is 173 cm³/mol. The summed E-state index contributed by atoms with van der Waals surface area (Å²) < 4.78 is 70.7. The lowest BCUT2D eigenvalue weighted by Crippen LogP contribution is -2.15. The Labute approximate surface area is 281 Å². The zero-order valence-electron chi connectivity index (χ0n) is 28.2. The maximum Gasteiger partial charge on any atom is 0.0718 e. The first-order valence-corrected chi connectivity index (χ1v) is 16.6. The molecule has 0 saturated heterocycles. The van der Waals surface area contributed by atoms with E-state index >= 15 is 0 Å². The lowest BCUT2D eigenvalue weighted by molar-refractivity contribution is -0.0293. The van der Waals surface area contributed by atoms with Gasteiger partial charge < -0.3 is 66.7 Å². The number of ether oxygens (including phenoxy) is 13. The van der Waals surface area contributed by atoms with Gasteiger partial charge >= 0.3 is 0 Å². The molecule has 1 aromatic carbocycles. The van der Waals surface area contributed by atoms with Crippen LogP contribution in [0.2, 0.25) is 0 Å². The molecule has 0 aliphatic heterocycles. The van der Waals surface area contributed by atoms with Crippen molar-refractivity contribution in [3.8, 4) is 0 Å². The zero-order valence-corrected chi connectivity index (χ0v) is 28.2. The summed E-state index contributed by atoms with van der Waals surface area (Å²) in [5.41, 5.74) is 1.16. The molecule has 0 aliphatic carbocycles. The molecule has 0 fully saturated rings. The van der Waals surface area contributed by atoms with E-state index in [9.17, 15) is 0 Å². The van der Waals surface area contributed by atoms with Crippen molar-refractivity contribution in [1.82, 2.24) is 0 Å². The molecule has 276 valence electrons. The minimum Gasteiger partial charge on any atom is -0.394 e. The molecule has 0 aliphatic rings. The first-order valence-electron chi connectivity index (χ1n) is 16.6. The van der Waals surface area contributed by atoms with Gasteiger partial charge in [-0.1, -0.05) is 30.3 Å². The Balaban J connectivity index is 1.60. The molecule has 14 heteroatoms. The van der Waals surface area contributed by atoms with E-state index in [4.69, 9.17) is 66.7 Å². The van der Waals surface area contributed by atoms with Crippen LogP contribution < -0.4 is 0 Å². The van der Waals surface area contributed by atoms with Crippen LogP contribution in [0.1, 0.15) is 5.56 Å². The van der Waals surface area contributed by atoms with E-state index in [0.717, 1.165) is 5.56 Å². The van der Waals surface area contributed by atoms with Gasteiger partial charge in [-0.15, -0.1) is 0 Å². The Hall–Kier alpha value is -1.34. The summed E-state index contributed by atoms with van der Waals surface area (Å²) >= 11 is 0. The molecule has 0 aromatic heterocycles. The number of aliphatic hydroxyl groups excluding tert-OH is 1. The molecule has 0 heterocycles. The number of aliphatic hydroxyl groups is 1. The van der Waals surface area contributed by atoms with E-state index in [-0.39, 0.29) is 6.61 Å². The third-order valence-electron chi connectivity index (χ3n) is 5.81. The molecule has 14 nitrogen and oxygen atoms in total. The monoisotopic (exact) mass is 680 g/mol. The van der Waals surface area contributed by atoms with Crippen molar-refractivity contribution >= 4 is 0 Å². The summed E-state index contributed by atoms with van der Waals surface area (Å²) in [7, 11) is 0. The molecule has 1 N–H and O–H groups in total. The number of hydrogen-bond donors (Lipinski definition) is 1. The molecule has 47 heavy (non-hydrogen) atoms. The fourth-order valence-corrected chi connectivity index (χ4v) is 3.47. The number of hydrogen-bond acceptors (Lipinski definition) is 14. The molecule has 0 unspecified atom stereocenters. The van der Waals surface area contributed by atoms with Gasteiger partial charge in [-0.2, -0.15) is 0 Å². The van der Waals surface area contributed by atoms with Crippen molar-refractivity contribution in [2.45, 2.75) is 6.61 Å². The third kappa shape index (κ3) is 35.8. The fraction of sp³-hybridized carbons (Fsp3) is 0.818. The average molecular weight is 681 g/mol. The molecule has 0 saturated carbocycles. The van der Waals surface area contributed by atoms with Crippen LogP contribution in [0.5, 0.6) is 0 Å². The van der Waals surface area contributed by atoms with Crippen molar-refractivity contribution in [3.05, 3.63) is 35.9 Å².